The van der Waals surface area contributed by atoms with E-state index in [4.69, 9.17) is 0 Å². The molecule has 2 N–H and O–H groups in total. The van der Waals surface area contributed by atoms with Gasteiger partial charge in [-0.1, -0.05) is 12.1 Å². The molecular formula is C17H25FN2O2. The van der Waals surface area contributed by atoms with Crippen molar-refractivity contribution in [3.63, 3.8) is 0 Å². The van der Waals surface area contributed by atoms with Crippen LogP contribution in [0.2, 0.25) is 0 Å². The second-order valence-corrected chi connectivity index (χ2v) is 6.47. The number of aryl methyl sites for hydroxylation is 1. The topological polar surface area (TPSA) is 52.6 Å². The number of carbonyl (C=O) groups excluding carboxylic acids is 1. The molecular weight excluding hydrogens is 283 g/mol. The van der Waals surface area contributed by atoms with Crippen molar-refractivity contribution in [1.29, 1.82) is 0 Å². The number of urea groups is 1. The second kappa shape index (κ2) is 7.09. The van der Waals surface area contributed by atoms with E-state index >= 15 is 0 Å². The van der Waals surface area contributed by atoms with E-state index in [1.165, 1.54) is 12.1 Å². The first kappa shape index (κ1) is 16.7. The van der Waals surface area contributed by atoms with Crippen LogP contribution in [0.3, 0.4) is 0 Å². The Balaban J connectivity index is 1.76. The Hall–Kier alpha value is -1.62. The highest BCUT2D eigenvalue weighted by molar-refractivity contribution is 5.75. The van der Waals surface area contributed by atoms with E-state index in [2.05, 4.69) is 5.32 Å². The molecule has 0 spiro atoms. The van der Waals surface area contributed by atoms with Crippen LogP contribution in [0.1, 0.15) is 38.7 Å². The van der Waals surface area contributed by atoms with Gasteiger partial charge in [-0.25, -0.2) is 9.18 Å². The van der Waals surface area contributed by atoms with Gasteiger partial charge < -0.3 is 15.3 Å². The highest BCUT2D eigenvalue weighted by Crippen LogP contribution is 2.26. The molecule has 1 aromatic carbocycles. The van der Waals surface area contributed by atoms with E-state index in [-0.39, 0.29) is 17.9 Å². The van der Waals surface area contributed by atoms with Gasteiger partial charge >= 0.3 is 6.03 Å². The van der Waals surface area contributed by atoms with Crippen LogP contribution in [0.5, 0.6) is 0 Å². The van der Waals surface area contributed by atoms with Crippen LogP contribution >= 0.6 is 0 Å². The molecule has 1 aliphatic rings. The zero-order valence-electron chi connectivity index (χ0n) is 13.3. The predicted molar refractivity (Wildman–Crippen MR) is 84.1 cm³/mol. The average Bonchev–Trinajstić information content (AvgIpc) is 2.93. The Bertz CT molecular complexity index is 514. The summed E-state index contributed by atoms with van der Waals surface area (Å²) >= 11 is 0. The van der Waals surface area contributed by atoms with Crippen LogP contribution in [0.25, 0.3) is 0 Å². The molecule has 1 aliphatic heterocycles. The summed E-state index contributed by atoms with van der Waals surface area (Å²) in [6, 6.07) is 6.28. The first-order valence-electron chi connectivity index (χ1n) is 7.89. The van der Waals surface area contributed by atoms with Gasteiger partial charge in [0.2, 0.25) is 0 Å². The summed E-state index contributed by atoms with van der Waals surface area (Å²) in [4.78, 5) is 13.9. The van der Waals surface area contributed by atoms with Crippen molar-refractivity contribution >= 4 is 6.03 Å². The number of nitrogens with zero attached hydrogens (tertiary/aromatic N) is 1. The molecule has 0 radical (unpaired) electrons. The molecule has 22 heavy (non-hydrogen) atoms. The average molecular weight is 308 g/mol. The Morgan fingerprint density at radius 2 is 2.27 bits per heavy atom. The minimum atomic E-state index is -0.880. The van der Waals surface area contributed by atoms with Crippen molar-refractivity contribution < 1.29 is 14.3 Å². The first-order valence-corrected chi connectivity index (χ1v) is 7.89. The number of aliphatic hydroxyl groups is 1. The van der Waals surface area contributed by atoms with Crippen LogP contribution in [0.15, 0.2) is 24.3 Å². The van der Waals surface area contributed by atoms with Crippen LogP contribution in [-0.4, -0.2) is 40.8 Å². The summed E-state index contributed by atoms with van der Waals surface area (Å²) in [5.74, 6) is -0.230. The number of amides is 2. The van der Waals surface area contributed by atoms with E-state index in [1.807, 2.05) is 6.07 Å². The molecule has 1 fully saturated rings. The highest BCUT2D eigenvalue weighted by atomic mass is 19.1. The minimum absolute atomic E-state index is 0.121. The molecule has 122 valence electrons. The molecule has 4 nitrogen and oxygen atoms in total. The quantitative estimate of drug-likeness (QED) is 0.822. The number of benzene rings is 1. The summed E-state index contributed by atoms with van der Waals surface area (Å²) in [7, 11) is 0. The fourth-order valence-corrected chi connectivity index (χ4v) is 3.03. The fourth-order valence-electron chi connectivity index (χ4n) is 3.03. The van der Waals surface area contributed by atoms with E-state index < -0.39 is 5.60 Å². The van der Waals surface area contributed by atoms with Gasteiger partial charge in [0.05, 0.1) is 11.6 Å². The van der Waals surface area contributed by atoms with Gasteiger partial charge in [-0.05, 0) is 57.2 Å². The van der Waals surface area contributed by atoms with Crippen molar-refractivity contribution in [2.75, 3.05) is 13.1 Å². The molecule has 2 amide bonds. The van der Waals surface area contributed by atoms with Gasteiger partial charge in [0, 0.05) is 13.1 Å². The van der Waals surface area contributed by atoms with Crippen LogP contribution in [0.4, 0.5) is 9.18 Å². The van der Waals surface area contributed by atoms with E-state index in [1.54, 1.807) is 24.8 Å². The molecule has 1 aromatic rings. The number of nitrogens with one attached hydrogen (secondary N) is 1. The zero-order chi connectivity index (χ0) is 16.2. The fraction of sp³-hybridized carbons (Fsp3) is 0.588. The molecule has 0 aromatic heterocycles. The van der Waals surface area contributed by atoms with Gasteiger partial charge in [0.1, 0.15) is 5.82 Å². The van der Waals surface area contributed by atoms with Crippen LogP contribution < -0.4 is 5.32 Å². The van der Waals surface area contributed by atoms with Crippen molar-refractivity contribution in [3.05, 3.63) is 35.6 Å². The van der Waals surface area contributed by atoms with Crippen molar-refractivity contribution in [3.8, 4) is 0 Å². The molecule has 1 atom stereocenters. The van der Waals surface area contributed by atoms with E-state index in [9.17, 15) is 14.3 Å². The molecule has 2 rings (SSSR count). The smallest absolute Gasteiger partial charge is 0.317 e. The number of rotatable bonds is 5. The van der Waals surface area contributed by atoms with Crippen LogP contribution in [-0.2, 0) is 6.42 Å². The lowest BCUT2D eigenvalue weighted by Crippen LogP contribution is -2.51. The number of hydrogen-bond donors (Lipinski definition) is 2. The summed E-state index contributed by atoms with van der Waals surface area (Å²) in [5.41, 5.74) is 0.0554. The molecule has 1 unspecified atom stereocenters. The molecule has 1 heterocycles. The van der Waals surface area contributed by atoms with E-state index in [0.717, 1.165) is 31.2 Å². The third kappa shape index (κ3) is 4.44. The number of hydrogen-bond acceptors (Lipinski definition) is 2. The lowest BCUT2D eigenvalue weighted by atomic mass is 9.97. The normalized spacial score (nSPS) is 18.5. The van der Waals surface area contributed by atoms with Crippen molar-refractivity contribution in [2.45, 2.75) is 51.2 Å². The molecule has 0 saturated carbocycles. The summed E-state index contributed by atoms with van der Waals surface area (Å²) < 4.78 is 13.1. The predicted octanol–water partition coefficient (Wildman–Crippen LogP) is 2.70. The standard InChI is InChI=1S/C17H25FN2O2/c1-17(2,22)15-9-5-11-20(15)16(21)19-10-4-7-13-6-3-8-14(18)12-13/h3,6,8,12,15,22H,4-5,7,9-11H2,1-2H3,(H,19,21). The summed E-state index contributed by atoms with van der Waals surface area (Å²) in [5, 5.41) is 13.0. The Labute approximate surface area is 131 Å². The lowest BCUT2D eigenvalue weighted by molar-refractivity contribution is 0.00985. The largest absolute Gasteiger partial charge is 0.388 e. The minimum Gasteiger partial charge on any atom is -0.388 e. The maximum Gasteiger partial charge on any atom is 0.317 e. The summed E-state index contributed by atoms with van der Waals surface area (Å²) in [6.07, 6.45) is 3.24. The van der Waals surface area contributed by atoms with Crippen LogP contribution in [0, 0.1) is 5.82 Å². The SMILES string of the molecule is CC(C)(O)C1CCCN1C(=O)NCCCc1cccc(F)c1. The van der Waals surface area contributed by atoms with Crippen molar-refractivity contribution in [2.24, 2.45) is 0 Å². The van der Waals surface area contributed by atoms with Gasteiger partial charge in [0.15, 0.2) is 0 Å². The number of carbonyl (C=O) groups is 1. The van der Waals surface area contributed by atoms with Gasteiger partial charge in [-0.15, -0.1) is 0 Å². The molecule has 1 saturated heterocycles. The zero-order valence-corrected chi connectivity index (χ0v) is 13.3. The number of halogens is 1. The highest BCUT2D eigenvalue weighted by Gasteiger charge is 2.38. The first-order chi connectivity index (χ1) is 10.4. The third-order valence-corrected chi connectivity index (χ3v) is 4.14. The molecule has 0 bridgehead atoms. The second-order valence-electron chi connectivity index (χ2n) is 6.47. The summed E-state index contributed by atoms with van der Waals surface area (Å²) in [6.45, 7) is 4.72. The number of likely N-dealkylation sites (tertiary alicyclic amines) is 1. The monoisotopic (exact) mass is 308 g/mol. The maximum atomic E-state index is 13.1. The lowest BCUT2D eigenvalue weighted by Gasteiger charge is -2.33. The molecule has 0 aliphatic carbocycles. The maximum absolute atomic E-state index is 13.1. The Kier molecular flexibility index (Phi) is 5.40. The Morgan fingerprint density at radius 3 is 2.95 bits per heavy atom. The van der Waals surface area contributed by atoms with E-state index in [0.29, 0.717) is 13.1 Å². The third-order valence-electron chi connectivity index (χ3n) is 4.14. The Morgan fingerprint density at radius 1 is 1.50 bits per heavy atom. The van der Waals surface area contributed by atoms with Gasteiger partial charge in [-0.2, -0.15) is 0 Å². The molecule has 5 heteroatoms. The van der Waals surface area contributed by atoms with Crippen molar-refractivity contribution in [1.82, 2.24) is 10.2 Å². The van der Waals surface area contributed by atoms with Gasteiger partial charge in [-0.3, -0.25) is 0 Å². The van der Waals surface area contributed by atoms with Gasteiger partial charge in [0.25, 0.3) is 0 Å².